The van der Waals surface area contributed by atoms with Crippen molar-refractivity contribution in [1.82, 2.24) is 20.3 Å². The number of carbonyl (C=O) groups excluding carboxylic acids is 1. The maximum Gasteiger partial charge on any atom is 0.251 e. The Hall–Kier alpha value is -3.83. The van der Waals surface area contributed by atoms with Crippen LogP contribution in [0.1, 0.15) is 52.5 Å². The second kappa shape index (κ2) is 11.0. The highest BCUT2D eigenvalue weighted by atomic mass is 32.2. The molecular formula is C29H26F2N4O4S. The molecule has 1 aromatic carbocycles. The number of rotatable bonds is 7. The van der Waals surface area contributed by atoms with E-state index in [4.69, 9.17) is 19.4 Å². The fourth-order valence-corrected chi connectivity index (χ4v) is 5.86. The molecule has 0 radical (unpaired) electrons. The van der Waals surface area contributed by atoms with Gasteiger partial charge in [0.2, 0.25) is 0 Å². The van der Waals surface area contributed by atoms with Gasteiger partial charge in [-0.1, -0.05) is 6.07 Å². The number of fused-ring (bicyclic) bond motifs is 2. The fraction of sp³-hybridized carbons (Fsp3) is 0.310. The summed E-state index contributed by atoms with van der Waals surface area (Å²) >= 11 is 0. The summed E-state index contributed by atoms with van der Waals surface area (Å²) in [6.07, 6.45) is 3.79. The average molecular weight is 565 g/mol. The van der Waals surface area contributed by atoms with Crippen LogP contribution in [0, 0.1) is 5.82 Å². The molecule has 8 nitrogen and oxygen atoms in total. The van der Waals surface area contributed by atoms with Crippen LogP contribution in [0.3, 0.4) is 0 Å². The van der Waals surface area contributed by atoms with Gasteiger partial charge in [-0.2, -0.15) is 0 Å². The summed E-state index contributed by atoms with van der Waals surface area (Å²) in [6, 6.07) is 11.8. The first-order chi connectivity index (χ1) is 19.4. The van der Waals surface area contributed by atoms with Gasteiger partial charge in [-0.05, 0) is 54.8 Å². The lowest BCUT2D eigenvalue weighted by Crippen LogP contribution is -2.24. The molecule has 0 spiro atoms. The SMILES string of the molecule is COCc1ccc(-c2ccc3cnc(CNC(=O)c4cc(F)c5c(c4)S(=O)C(F)CCO5)cc3n2)nc1C1CC1. The van der Waals surface area contributed by atoms with E-state index in [1.807, 2.05) is 24.3 Å². The summed E-state index contributed by atoms with van der Waals surface area (Å²) in [6.45, 7) is 0.467. The summed E-state index contributed by atoms with van der Waals surface area (Å²) in [5, 5.41) is 3.52. The maximum atomic E-state index is 14.6. The fourth-order valence-electron chi connectivity index (χ4n) is 4.69. The second-order valence-electron chi connectivity index (χ2n) is 9.83. The monoisotopic (exact) mass is 564 g/mol. The highest BCUT2D eigenvalue weighted by molar-refractivity contribution is 7.85. The van der Waals surface area contributed by atoms with Crippen LogP contribution in [-0.4, -0.2) is 44.3 Å². The van der Waals surface area contributed by atoms with Gasteiger partial charge < -0.3 is 14.8 Å². The Morgan fingerprint density at radius 3 is 2.73 bits per heavy atom. The van der Waals surface area contributed by atoms with Crippen molar-refractivity contribution in [3.8, 4) is 17.1 Å². The number of methoxy groups -OCH3 is 1. The minimum atomic E-state index is -2.14. The van der Waals surface area contributed by atoms with E-state index in [0.29, 0.717) is 23.7 Å². The molecule has 1 saturated carbocycles. The number of amides is 1. The number of benzene rings is 1. The van der Waals surface area contributed by atoms with Crippen molar-refractivity contribution in [2.45, 2.75) is 48.7 Å². The van der Waals surface area contributed by atoms with Gasteiger partial charge in [-0.3, -0.25) is 19.0 Å². The van der Waals surface area contributed by atoms with Crippen molar-refractivity contribution in [1.29, 1.82) is 0 Å². The molecule has 1 aliphatic carbocycles. The van der Waals surface area contributed by atoms with Crippen LogP contribution in [0.2, 0.25) is 0 Å². The number of carbonyl (C=O) groups is 1. The van der Waals surface area contributed by atoms with Gasteiger partial charge >= 0.3 is 0 Å². The molecule has 2 atom stereocenters. The molecule has 40 heavy (non-hydrogen) atoms. The minimum Gasteiger partial charge on any atom is -0.489 e. The van der Waals surface area contributed by atoms with Gasteiger partial charge in [0.25, 0.3) is 5.91 Å². The second-order valence-corrected chi connectivity index (χ2v) is 11.4. The van der Waals surface area contributed by atoms with Crippen LogP contribution in [0.5, 0.6) is 5.75 Å². The largest absolute Gasteiger partial charge is 0.489 e. The van der Waals surface area contributed by atoms with Crippen molar-refractivity contribution in [2.75, 3.05) is 13.7 Å². The predicted octanol–water partition coefficient (Wildman–Crippen LogP) is 4.97. The molecule has 2 unspecified atom stereocenters. The summed E-state index contributed by atoms with van der Waals surface area (Å²) in [5.74, 6) is -1.29. The number of nitrogens with one attached hydrogen (secondary N) is 1. The summed E-state index contributed by atoms with van der Waals surface area (Å²) in [5.41, 5.74) is 3.10. The van der Waals surface area contributed by atoms with Crippen molar-refractivity contribution >= 4 is 27.6 Å². The van der Waals surface area contributed by atoms with Gasteiger partial charge in [0, 0.05) is 42.3 Å². The molecule has 0 saturated heterocycles. The molecule has 1 N–H and O–H groups in total. The van der Waals surface area contributed by atoms with Crippen LogP contribution in [-0.2, 0) is 28.7 Å². The Bertz CT molecular complexity index is 1650. The van der Waals surface area contributed by atoms with Gasteiger partial charge in [0.05, 0.1) is 58.1 Å². The zero-order chi connectivity index (χ0) is 27.8. The predicted molar refractivity (Wildman–Crippen MR) is 144 cm³/mol. The quantitative estimate of drug-likeness (QED) is 0.338. The molecular weight excluding hydrogens is 538 g/mol. The molecule has 1 amide bonds. The number of ether oxygens (including phenoxy) is 2. The van der Waals surface area contributed by atoms with E-state index in [1.54, 1.807) is 19.4 Å². The van der Waals surface area contributed by atoms with Crippen LogP contribution >= 0.6 is 0 Å². The Kier molecular flexibility index (Phi) is 7.24. The average Bonchev–Trinajstić information content (AvgIpc) is 3.82. The van der Waals surface area contributed by atoms with Gasteiger partial charge in [0.1, 0.15) is 0 Å². The molecule has 2 aliphatic rings. The lowest BCUT2D eigenvalue weighted by Gasteiger charge is -2.11. The minimum absolute atomic E-state index is 0.0422. The summed E-state index contributed by atoms with van der Waals surface area (Å²) < 4.78 is 51.7. The lowest BCUT2D eigenvalue weighted by atomic mass is 10.1. The molecule has 0 bridgehead atoms. The Morgan fingerprint density at radius 1 is 1.12 bits per heavy atom. The van der Waals surface area contributed by atoms with E-state index >= 15 is 0 Å². The van der Waals surface area contributed by atoms with Crippen LogP contribution in [0.25, 0.3) is 22.3 Å². The van der Waals surface area contributed by atoms with Crippen LogP contribution in [0.15, 0.2) is 53.6 Å². The molecule has 4 heterocycles. The third kappa shape index (κ3) is 5.31. The molecule has 1 fully saturated rings. The number of nitrogens with zero attached hydrogens (tertiary/aromatic N) is 3. The molecule has 6 rings (SSSR count). The zero-order valence-corrected chi connectivity index (χ0v) is 22.5. The number of alkyl halides is 1. The highest BCUT2D eigenvalue weighted by Gasteiger charge is 2.29. The van der Waals surface area contributed by atoms with Crippen LogP contribution in [0.4, 0.5) is 8.78 Å². The van der Waals surface area contributed by atoms with Gasteiger partial charge in [-0.25, -0.2) is 13.8 Å². The van der Waals surface area contributed by atoms with Crippen LogP contribution < -0.4 is 10.1 Å². The first-order valence-electron chi connectivity index (χ1n) is 12.9. The van der Waals surface area contributed by atoms with E-state index in [1.165, 1.54) is 6.07 Å². The van der Waals surface area contributed by atoms with Crippen molar-refractivity contribution < 1.29 is 27.3 Å². The van der Waals surface area contributed by atoms with Crippen molar-refractivity contribution in [3.05, 3.63) is 77.0 Å². The molecule has 4 aromatic rings. The smallest absolute Gasteiger partial charge is 0.251 e. The molecule has 3 aromatic heterocycles. The van der Waals surface area contributed by atoms with E-state index in [-0.39, 0.29) is 35.8 Å². The van der Waals surface area contributed by atoms with E-state index in [0.717, 1.165) is 46.9 Å². The Balaban J connectivity index is 1.22. The first-order valence-corrected chi connectivity index (χ1v) is 14.2. The number of hydrogen-bond acceptors (Lipinski definition) is 7. The zero-order valence-electron chi connectivity index (χ0n) is 21.7. The molecule has 206 valence electrons. The Morgan fingerprint density at radius 2 is 1.93 bits per heavy atom. The lowest BCUT2D eigenvalue weighted by molar-refractivity contribution is 0.0949. The molecule has 1 aliphatic heterocycles. The molecule has 11 heteroatoms. The van der Waals surface area contributed by atoms with E-state index in [9.17, 15) is 17.8 Å². The van der Waals surface area contributed by atoms with Crippen molar-refractivity contribution in [2.24, 2.45) is 0 Å². The Labute approximate surface area is 231 Å². The van der Waals surface area contributed by atoms with Gasteiger partial charge in [-0.15, -0.1) is 0 Å². The van der Waals surface area contributed by atoms with Crippen molar-refractivity contribution in [3.63, 3.8) is 0 Å². The van der Waals surface area contributed by atoms with E-state index < -0.39 is 28.0 Å². The summed E-state index contributed by atoms with van der Waals surface area (Å²) in [7, 11) is -0.461. The topological polar surface area (TPSA) is 103 Å². The number of pyridine rings is 3. The maximum absolute atomic E-state index is 14.6. The number of aromatic nitrogens is 3. The van der Waals surface area contributed by atoms with Gasteiger partial charge in [0.15, 0.2) is 17.1 Å². The normalized spacial score (nSPS) is 18.6. The summed E-state index contributed by atoms with van der Waals surface area (Å²) in [4.78, 5) is 26.8. The number of halogens is 2. The standard InChI is InChI=1S/C29H26F2N4O4S/c1-38-15-18-5-7-23(35-27(18)16-2-3-16)22-6-4-17-13-32-20(12-24(17)34-22)14-33-29(36)19-10-21(30)28-25(11-19)40(37)26(31)8-9-39-28/h4-7,10-13,16,26H,2-3,8-9,14-15H2,1H3,(H,33,36). The third-order valence-corrected chi connectivity index (χ3v) is 8.35. The third-order valence-electron chi connectivity index (χ3n) is 6.91. The van der Waals surface area contributed by atoms with E-state index in [2.05, 4.69) is 10.3 Å². The number of hydrogen-bond donors (Lipinski definition) is 1. The highest BCUT2D eigenvalue weighted by Crippen LogP contribution is 2.41. The first kappa shape index (κ1) is 26.4.